The molecule has 0 aliphatic heterocycles. The number of para-hydroxylation sites is 1. The van der Waals surface area contributed by atoms with Crippen molar-refractivity contribution >= 4 is 44.0 Å². The number of hydrogen-bond acceptors (Lipinski definition) is 4. The summed E-state index contributed by atoms with van der Waals surface area (Å²) >= 11 is 6.81. The van der Waals surface area contributed by atoms with Crippen LogP contribution in [0.25, 0.3) is 0 Å². The molecule has 0 radical (unpaired) electrons. The second kappa shape index (κ2) is 10.3. The SMILES string of the molecule is CCCOc1ccc(Br)cc1C=NNC(=O)C(C)Oc1ccccc1Br. The average molecular weight is 484 g/mol. The Hall–Kier alpha value is -1.86. The zero-order chi connectivity index (χ0) is 18.9. The number of carbonyl (C=O) groups excluding carboxylic acids is 1. The van der Waals surface area contributed by atoms with Gasteiger partial charge in [-0.25, -0.2) is 5.43 Å². The molecule has 0 saturated carbocycles. The van der Waals surface area contributed by atoms with Crippen LogP contribution in [0.2, 0.25) is 0 Å². The summed E-state index contributed by atoms with van der Waals surface area (Å²) < 4.78 is 13.0. The second-order valence-electron chi connectivity index (χ2n) is 5.46. The highest BCUT2D eigenvalue weighted by Gasteiger charge is 2.15. The van der Waals surface area contributed by atoms with Gasteiger partial charge in [-0.15, -0.1) is 0 Å². The van der Waals surface area contributed by atoms with Gasteiger partial charge >= 0.3 is 0 Å². The fourth-order valence-corrected chi connectivity index (χ4v) is 2.76. The summed E-state index contributed by atoms with van der Waals surface area (Å²) in [4.78, 5) is 12.2. The van der Waals surface area contributed by atoms with Crippen molar-refractivity contribution in [2.24, 2.45) is 5.10 Å². The van der Waals surface area contributed by atoms with Crippen LogP contribution in [-0.2, 0) is 4.79 Å². The number of carbonyl (C=O) groups is 1. The zero-order valence-corrected chi connectivity index (χ0v) is 17.7. The van der Waals surface area contributed by atoms with Crippen LogP contribution in [0.5, 0.6) is 11.5 Å². The molecule has 0 aliphatic carbocycles. The summed E-state index contributed by atoms with van der Waals surface area (Å²) in [6, 6.07) is 13.0. The molecular weight excluding hydrogens is 464 g/mol. The summed E-state index contributed by atoms with van der Waals surface area (Å²) in [5.74, 6) is 0.968. The van der Waals surface area contributed by atoms with Crippen LogP contribution in [0.3, 0.4) is 0 Å². The van der Waals surface area contributed by atoms with Crippen LogP contribution in [0, 0.1) is 0 Å². The number of halogens is 2. The average Bonchev–Trinajstić information content (AvgIpc) is 2.62. The quantitative estimate of drug-likeness (QED) is 0.428. The number of amides is 1. The number of hydrazone groups is 1. The Morgan fingerprint density at radius 2 is 2.00 bits per heavy atom. The third-order valence-corrected chi connectivity index (χ3v) is 4.47. The molecule has 0 aromatic heterocycles. The highest BCUT2D eigenvalue weighted by atomic mass is 79.9. The van der Waals surface area contributed by atoms with Crippen LogP contribution >= 0.6 is 31.9 Å². The molecule has 0 aliphatic rings. The Bertz CT molecular complexity index is 781. The van der Waals surface area contributed by atoms with Crippen molar-refractivity contribution in [2.45, 2.75) is 26.4 Å². The second-order valence-corrected chi connectivity index (χ2v) is 7.23. The number of ether oxygens (including phenoxy) is 2. The Labute approximate surface area is 170 Å². The summed E-state index contributed by atoms with van der Waals surface area (Å²) in [6.45, 7) is 4.32. The molecule has 7 heteroatoms. The van der Waals surface area contributed by atoms with Gasteiger partial charge in [-0.3, -0.25) is 4.79 Å². The normalized spacial score (nSPS) is 12.0. The molecule has 0 fully saturated rings. The first-order chi connectivity index (χ1) is 12.5. The predicted octanol–water partition coefficient (Wildman–Crippen LogP) is 4.92. The lowest BCUT2D eigenvalue weighted by Gasteiger charge is -2.14. The number of benzene rings is 2. The molecule has 0 saturated heterocycles. The fraction of sp³-hybridized carbons (Fsp3) is 0.263. The molecule has 2 aromatic rings. The molecule has 1 amide bonds. The van der Waals surface area contributed by atoms with E-state index in [9.17, 15) is 4.79 Å². The Kier molecular flexibility index (Phi) is 8.12. The molecule has 26 heavy (non-hydrogen) atoms. The van der Waals surface area contributed by atoms with E-state index in [0.717, 1.165) is 20.9 Å². The van der Waals surface area contributed by atoms with Crippen molar-refractivity contribution < 1.29 is 14.3 Å². The van der Waals surface area contributed by atoms with Gasteiger partial charge < -0.3 is 9.47 Å². The van der Waals surface area contributed by atoms with Gasteiger partial charge in [0.2, 0.25) is 0 Å². The minimum atomic E-state index is -0.691. The molecule has 0 bridgehead atoms. The van der Waals surface area contributed by atoms with Gasteiger partial charge in [-0.2, -0.15) is 5.10 Å². The van der Waals surface area contributed by atoms with E-state index in [2.05, 4.69) is 42.4 Å². The van der Waals surface area contributed by atoms with Crippen LogP contribution < -0.4 is 14.9 Å². The summed E-state index contributed by atoms with van der Waals surface area (Å²) in [5.41, 5.74) is 3.26. The van der Waals surface area contributed by atoms with Gasteiger partial charge in [0, 0.05) is 10.0 Å². The summed E-state index contributed by atoms with van der Waals surface area (Å²) in [7, 11) is 0. The first kappa shape index (κ1) is 20.5. The van der Waals surface area contributed by atoms with E-state index in [1.807, 2.05) is 43.3 Å². The third kappa shape index (κ3) is 6.14. The lowest BCUT2D eigenvalue weighted by atomic mass is 10.2. The van der Waals surface area contributed by atoms with Crippen molar-refractivity contribution in [3.63, 3.8) is 0 Å². The third-order valence-electron chi connectivity index (χ3n) is 3.32. The number of hydrogen-bond donors (Lipinski definition) is 1. The fourth-order valence-electron chi connectivity index (χ4n) is 2.00. The molecule has 1 atom stereocenters. The zero-order valence-electron chi connectivity index (χ0n) is 14.5. The molecule has 2 rings (SSSR count). The minimum Gasteiger partial charge on any atom is -0.493 e. The van der Waals surface area contributed by atoms with Gasteiger partial charge in [-0.05, 0) is 59.6 Å². The van der Waals surface area contributed by atoms with Crippen molar-refractivity contribution in [2.75, 3.05) is 6.61 Å². The monoisotopic (exact) mass is 482 g/mol. The highest BCUT2D eigenvalue weighted by molar-refractivity contribution is 9.10. The lowest BCUT2D eigenvalue weighted by molar-refractivity contribution is -0.127. The summed E-state index contributed by atoms with van der Waals surface area (Å²) in [6.07, 6.45) is 1.77. The van der Waals surface area contributed by atoms with Crippen LogP contribution in [-0.4, -0.2) is 24.8 Å². The molecule has 1 unspecified atom stereocenters. The van der Waals surface area contributed by atoms with E-state index in [1.165, 1.54) is 0 Å². The maximum Gasteiger partial charge on any atom is 0.280 e. The van der Waals surface area contributed by atoms with Crippen molar-refractivity contribution in [3.05, 3.63) is 57.0 Å². The van der Waals surface area contributed by atoms with Crippen LogP contribution in [0.1, 0.15) is 25.8 Å². The van der Waals surface area contributed by atoms with Crippen LogP contribution in [0.15, 0.2) is 56.5 Å². The molecule has 138 valence electrons. The summed E-state index contributed by atoms with van der Waals surface area (Å²) in [5, 5.41) is 4.02. The molecule has 0 spiro atoms. The maximum absolute atomic E-state index is 12.2. The lowest BCUT2D eigenvalue weighted by Crippen LogP contribution is -2.33. The van der Waals surface area contributed by atoms with E-state index in [0.29, 0.717) is 18.1 Å². The molecule has 0 heterocycles. The Balaban J connectivity index is 1.98. The molecular formula is C19H20Br2N2O3. The first-order valence-electron chi connectivity index (χ1n) is 8.17. The Morgan fingerprint density at radius 3 is 2.73 bits per heavy atom. The van der Waals surface area contributed by atoms with Gasteiger partial charge in [-0.1, -0.05) is 35.0 Å². The number of nitrogens with zero attached hydrogens (tertiary/aromatic N) is 1. The van der Waals surface area contributed by atoms with E-state index in [1.54, 1.807) is 19.2 Å². The minimum absolute atomic E-state index is 0.344. The number of nitrogens with one attached hydrogen (secondary N) is 1. The van der Waals surface area contributed by atoms with Crippen LogP contribution in [0.4, 0.5) is 0 Å². The van der Waals surface area contributed by atoms with Crippen molar-refractivity contribution in [3.8, 4) is 11.5 Å². The smallest absolute Gasteiger partial charge is 0.280 e. The van der Waals surface area contributed by atoms with E-state index in [4.69, 9.17) is 9.47 Å². The molecule has 1 N–H and O–H groups in total. The highest BCUT2D eigenvalue weighted by Crippen LogP contribution is 2.25. The van der Waals surface area contributed by atoms with Gasteiger partial charge in [0.25, 0.3) is 5.91 Å². The van der Waals surface area contributed by atoms with E-state index < -0.39 is 6.10 Å². The molecule has 5 nitrogen and oxygen atoms in total. The van der Waals surface area contributed by atoms with E-state index in [-0.39, 0.29) is 5.91 Å². The largest absolute Gasteiger partial charge is 0.493 e. The molecule has 2 aromatic carbocycles. The van der Waals surface area contributed by atoms with Gasteiger partial charge in [0.15, 0.2) is 6.10 Å². The Morgan fingerprint density at radius 1 is 1.23 bits per heavy atom. The van der Waals surface area contributed by atoms with Gasteiger partial charge in [0.05, 0.1) is 17.3 Å². The maximum atomic E-state index is 12.2. The first-order valence-corrected chi connectivity index (χ1v) is 9.76. The standard InChI is InChI=1S/C19H20Br2N2O3/c1-3-10-25-17-9-8-15(20)11-14(17)12-22-23-19(24)13(2)26-18-7-5-4-6-16(18)21/h4-9,11-13H,3,10H2,1-2H3,(H,23,24). The van der Waals surface area contributed by atoms with Gasteiger partial charge in [0.1, 0.15) is 11.5 Å². The predicted molar refractivity (Wildman–Crippen MR) is 110 cm³/mol. The number of rotatable bonds is 8. The van der Waals surface area contributed by atoms with Crippen molar-refractivity contribution in [1.29, 1.82) is 0 Å². The van der Waals surface area contributed by atoms with Crippen molar-refractivity contribution in [1.82, 2.24) is 5.43 Å². The van der Waals surface area contributed by atoms with E-state index >= 15 is 0 Å². The topological polar surface area (TPSA) is 59.9 Å².